The van der Waals surface area contributed by atoms with E-state index in [2.05, 4.69) is 5.32 Å². The molecule has 0 spiro atoms. The first kappa shape index (κ1) is 18.8. The van der Waals surface area contributed by atoms with Gasteiger partial charge in [-0.15, -0.1) is 0 Å². The zero-order chi connectivity index (χ0) is 17.6. The van der Waals surface area contributed by atoms with Crippen LogP contribution in [-0.2, 0) is 20.6 Å². The SMILES string of the molecule is NS(=O)(=O)c1ccc(NC(=O)CCSCc2ccc(Cl)cc2)cc1. The maximum absolute atomic E-state index is 11.9. The second kappa shape index (κ2) is 8.53. The summed E-state index contributed by atoms with van der Waals surface area (Å²) in [5, 5.41) is 8.45. The Balaban J connectivity index is 1.74. The molecule has 0 unspecified atom stereocenters. The highest BCUT2D eigenvalue weighted by molar-refractivity contribution is 7.98. The second-order valence-corrected chi connectivity index (χ2v) is 8.15. The highest BCUT2D eigenvalue weighted by Crippen LogP contribution is 2.17. The summed E-state index contributed by atoms with van der Waals surface area (Å²) in [5.74, 6) is 1.37. The Hall–Kier alpha value is -1.54. The number of anilines is 1. The number of hydrogen-bond acceptors (Lipinski definition) is 4. The number of benzene rings is 2. The molecule has 0 atom stereocenters. The first-order valence-corrected chi connectivity index (χ1v) is 10.2. The third-order valence-electron chi connectivity index (χ3n) is 3.12. The first-order valence-electron chi connectivity index (χ1n) is 7.09. The predicted molar refractivity (Wildman–Crippen MR) is 98.7 cm³/mol. The van der Waals surface area contributed by atoms with Crippen LogP contribution in [0.3, 0.4) is 0 Å². The lowest BCUT2D eigenvalue weighted by atomic mass is 10.2. The van der Waals surface area contributed by atoms with E-state index in [1.165, 1.54) is 24.3 Å². The van der Waals surface area contributed by atoms with Gasteiger partial charge in [-0.1, -0.05) is 23.7 Å². The molecule has 0 heterocycles. The number of amides is 1. The highest BCUT2D eigenvalue weighted by Gasteiger charge is 2.08. The quantitative estimate of drug-likeness (QED) is 0.717. The zero-order valence-corrected chi connectivity index (χ0v) is 15.1. The van der Waals surface area contributed by atoms with E-state index in [9.17, 15) is 13.2 Å². The van der Waals surface area contributed by atoms with Crippen molar-refractivity contribution in [3.63, 3.8) is 0 Å². The van der Waals surface area contributed by atoms with Gasteiger partial charge in [-0.3, -0.25) is 4.79 Å². The Morgan fingerprint density at radius 3 is 2.29 bits per heavy atom. The largest absolute Gasteiger partial charge is 0.326 e. The Morgan fingerprint density at radius 2 is 1.71 bits per heavy atom. The fourth-order valence-corrected chi connectivity index (χ4v) is 3.43. The van der Waals surface area contributed by atoms with E-state index in [-0.39, 0.29) is 10.8 Å². The topological polar surface area (TPSA) is 89.3 Å². The smallest absolute Gasteiger partial charge is 0.238 e. The van der Waals surface area contributed by atoms with Gasteiger partial charge < -0.3 is 5.32 Å². The van der Waals surface area contributed by atoms with Gasteiger partial charge in [0.05, 0.1) is 4.90 Å². The third-order valence-corrected chi connectivity index (χ3v) is 5.33. The standard InChI is InChI=1S/C16H17ClN2O3S2/c17-13-3-1-12(2-4-13)11-23-10-9-16(20)19-14-5-7-15(8-6-14)24(18,21)22/h1-8H,9-11H2,(H,19,20)(H2,18,21,22). The van der Waals surface area contributed by atoms with Crippen LogP contribution in [0.15, 0.2) is 53.4 Å². The number of thioether (sulfide) groups is 1. The van der Waals surface area contributed by atoms with E-state index in [0.29, 0.717) is 22.9 Å². The van der Waals surface area contributed by atoms with Crippen molar-refractivity contribution in [2.24, 2.45) is 5.14 Å². The summed E-state index contributed by atoms with van der Waals surface area (Å²) >= 11 is 7.48. The van der Waals surface area contributed by atoms with Gasteiger partial charge in [-0.05, 0) is 42.0 Å². The van der Waals surface area contributed by atoms with Gasteiger partial charge in [-0.25, -0.2) is 13.6 Å². The predicted octanol–water partition coefficient (Wildman–Crippen LogP) is 3.25. The van der Waals surface area contributed by atoms with Gasteiger partial charge in [0.1, 0.15) is 0 Å². The summed E-state index contributed by atoms with van der Waals surface area (Å²) in [6, 6.07) is 13.4. The van der Waals surface area contributed by atoms with Crippen LogP contribution in [0.25, 0.3) is 0 Å². The molecule has 0 saturated heterocycles. The Bertz CT molecular complexity index is 791. The number of nitrogens with two attached hydrogens (primary N) is 1. The summed E-state index contributed by atoms with van der Waals surface area (Å²) in [7, 11) is -3.72. The molecule has 8 heteroatoms. The summed E-state index contributed by atoms with van der Waals surface area (Å²) in [5.41, 5.74) is 1.69. The van der Waals surface area contributed by atoms with Crippen molar-refractivity contribution in [3.8, 4) is 0 Å². The lowest BCUT2D eigenvalue weighted by Crippen LogP contribution is -2.14. The minimum Gasteiger partial charge on any atom is -0.326 e. The molecule has 5 nitrogen and oxygen atoms in total. The van der Waals surface area contributed by atoms with Crippen molar-refractivity contribution in [1.82, 2.24) is 0 Å². The monoisotopic (exact) mass is 384 g/mol. The van der Waals surface area contributed by atoms with Crippen LogP contribution in [0, 0.1) is 0 Å². The molecule has 0 aliphatic rings. The molecule has 0 aromatic heterocycles. The fourth-order valence-electron chi connectivity index (χ4n) is 1.89. The molecule has 2 aromatic rings. The second-order valence-electron chi connectivity index (χ2n) is 5.05. The number of nitrogens with one attached hydrogen (secondary N) is 1. The number of primary sulfonamides is 1. The Kier molecular flexibility index (Phi) is 6.68. The van der Waals surface area contributed by atoms with Crippen molar-refractivity contribution in [1.29, 1.82) is 0 Å². The number of sulfonamides is 1. The highest BCUT2D eigenvalue weighted by atomic mass is 35.5. The van der Waals surface area contributed by atoms with Crippen molar-refractivity contribution < 1.29 is 13.2 Å². The van der Waals surface area contributed by atoms with Gasteiger partial charge in [-0.2, -0.15) is 11.8 Å². The molecule has 0 aliphatic carbocycles. The van der Waals surface area contributed by atoms with Crippen molar-refractivity contribution in [3.05, 3.63) is 59.1 Å². The average molecular weight is 385 g/mol. The molecule has 2 rings (SSSR count). The minimum absolute atomic E-state index is 0.0130. The van der Waals surface area contributed by atoms with E-state index < -0.39 is 10.0 Å². The summed E-state index contributed by atoms with van der Waals surface area (Å²) < 4.78 is 22.3. The molecular weight excluding hydrogens is 368 g/mol. The van der Waals surface area contributed by atoms with Crippen LogP contribution in [-0.4, -0.2) is 20.1 Å². The van der Waals surface area contributed by atoms with Crippen LogP contribution in [0.4, 0.5) is 5.69 Å². The number of halogens is 1. The van der Waals surface area contributed by atoms with E-state index >= 15 is 0 Å². The molecule has 0 radical (unpaired) electrons. The summed E-state index contributed by atoms with van der Waals surface area (Å²) in [6.07, 6.45) is 0.370. The van der Waals surface area contributed by atoms with Crippen molar-refractivity contribution in [2.75, 3.05) is 11.1 Å². The lowest BCUT2D eigenvalue weighted by molar-refractivity contribution is -0.115. The maximum atomic E-state index is 11.9. The zero-order valence-electron chi connectivity index (χ0n) is 12.7. The molecule has 24 heavy (non-hydrogen) atoms. The number of hydrogen-bond donors (Lipinski definition) is 2. The van der Waals surface area contributed by atoms with Crippen LogP contribution >= 0.6 is 23.4 Å². The third kappa shape index (κ3) is 6.16. The minimum atomic E-state index is -3.72. The lowest BCUT2D eigenvalue weighted by Gasteiger charge is -2.06. The molecule has 0 bridgehead atoms. The van der Waals surface area contributed by atoms with E-state index in [4.69, 9.17) is 16.7 Å². The Labute approximate surface area is 150 Å². The van der Waals surface area contributed by atoms with Crippen LogP contribution in [0.5, 0.6) is 0 Å². The van der Waals surface area contributed by atoms with E-state index in [1.54, 1.807) is 11.8 Å². The molecule has 0 saturated carbocycles. The van der Waals surface area contributed by atoms with E-state index in [1.807, 2.05) is 24.3 Å². The molecule has 0 aliphatic heterocycles. The number of carbonyl (C=O) groups is 1. The van der Waals surface area contributed by atoms with Crippen molar-refractivity contribution >= 4 is 45.0 Å². The maximum Gasteiger partial charge on any atom is 0.238 e. The van der Waals surface area contributed by atoms with Gasteiger partial charge >= 0.3 is 0 Å². The fraction of sp³-hybridized carbons (Fsp3) is 0.188. The number of rotatable bonds is 7. The molecule has 1 amide bonds. The van der Waals surface area contributed by atoms with Crippen LogP contribution in [0.1, 0.15) is 12.0 Å². The van der Waals surface area contributed by atoms with Gasteiger partial charge in [0.2, 0.25) is 15.9 Å². The normalized spacial score (nSPS) is 11.2. The average Bonchev–Trinajstić information content (AvgIpc) is 2.53. The van der Waals surface area contributed by atoms with Gasteiger partial charge in [0.25, 0.3) is 0 Å². The molecule has 2 aromatic carbocycles. The first-order chi connectivity index (χ1) is 11.3. The van der Waals surface area contributed by atoms with Crippen LogP contribution < -0.4 is 10.5 Å². The number of carbonyl (C=O) groups excluding carboxylic acids is 1. The van der Waals surface area contributed by atoms with E-state index in [0.717, 1.165) is 11.3 Å². The van der Waals surface area contributed by atoms with Crippen molar-refractivity contribution in [2.45, 2.75) is 17.1 Å². The molecule has 0 fully saturated rings. The molecular formula is C16H17ClN2O3S2. The molecule has 128 valence electrons. The molecule has 3 N–H and O–H groups in total. The van der Waals surface area contributed by atoms with Crippen LogP contribution in [0.2, 0.25) is 5.02 Å². The van der Waals surface area contributed by atoms with Gasteiger partial charge in [0, 0.05) is 28.6 Å². The summed E-state index contributed by atoms with van der Waals surface area (Å²) in [6.45, 7) is 0. The summed E-state index contributed by atoms with van der Waals surface area (Å²) in [4.78, 5) is 11.9. The van der Waals surface area contributed by atoms with Gasteiger partial charge in [0.15, 0.2) is 0 Å². The Morgan fingerprint density at radius 1 is 1.08 bits per heavy atom.